The van der Waals surface area contributed by atoms with Gasteiger partial charge in [0.1, 0.15) is 0 Å². The Hall–Kier alpha value is -0.863. The second kappa shape index (κ2) is 7.66. The molecule has 0 aliphatic rings. The van der Waals surface area contributed by atoms with E-state index in [1.165, 1.54) is 11.6 Å². The molecule has 0 fully saturated rings. The molecule has 1 nitrogen and oxygen atoms in total. The molecule has 0 saturated heterocycles. The van der Waals surface area contributed by atoms with Crippen LogP contribution in [0.3, 0.4) is 0 Å². The van der Waals surface area contributed by atoms with Crippen LogP contribution in [0.25, 0.3) is 0 Å². The van der Waals surface area contributed by atoms with Gasteiger partial charge in [-0.05, 0) is 30.4 Å². The summed E-state index contributed by atoms with van der Waals surface area (Å²) >= 11 is 0. The lowest BCUT2D eigenvalue weighted by Crippen LogP contribution is -2.19. The highest BCUT2D eigenvalue weighted by Crippen LogP contribution is 2.15. The van der Waals surface area contributed by atoms with Crippen LogP contribution in [0.15, 0.2) is 42.5 Å². The van der Waals surface area contributed by atoms with Crippen molar-refractivity contribution in [2.75, 3.05) is 0 Å². The summed E-state index contributed by atoms with van der Waals surface area (Å²) in [5, 5.41) is 10.2. The zero-order chi connectivity index (χ0) is 14.3. The summed E-state index contributed by atoms with van der Waals surface area (Å²) in [5.74, 6) is 0.250. The van der Waals surface area contributed by atoms with Crippen molar-refractivity contribution in [3.63, 3.8) is 0 Å². The molecule has 0 radical (unpaired) electrons. The molecule has 0 saturated carbocycles. The number of rotatable bonds is 7. The number of aliphatic hydroxyl groups excluding tert-OH is 1. The van der Waals surface area contributed by atoms with E-state index in [2.05, 4.69) is 63.0 Å². The van der Waals surface area contributed by atoms with Gasteiger partial charge in [0.2, 0.25) is 0 Å². The third-order valence-corrected chi connectivity index (χ3v) is 4.81. The Morgan fingerprint density at radius 1 is 1.16 bits per heavy atom. The van der Waals surface area contributed by atoms with Crippen molar-refractivity contribution in [3.8, 4) is 0 Å². The number of benzene rings is 1. The fourth-order valence-electron chi connectivity index (χ4n) is 1.99. The van der Waals surface area contributed by atoms with Gasteiger partial charge in [-0.3, -0.25) is 0 Å². The van der Waals surface area contributed by atoms with Crippen LogP contribution in [0.4, 0.5) is 0 Å². The Morgan fingerprint density at radius 3 is 2.37 bits per heavy atom. The van der Waals surface area contributed by atoms with Crippen molar-refractivity contribution < 1.29 is 5.11 Å². The Morgan fingerprint density at radius 2 is 1.79 bits per heavy atom. The molecule has 2 atom stereocenters. The van der Waals surface area contributed by atoms with Crippen LogP contribution in [-0.2, 0) is 6.42 Å². The van der Waals surface area contributed by atoms with E-state index in [-0.39, 0.29) is 12.0 Å². The normalized spacial score (nSPS) is 15.6. The van der Waals surface area contributed by atoms with Crippen LogP contribution in [0, 0.1) is 5.92 Å². The molecule has 0 unspecified atom stereocenters. The number of allylic oxidation sites excluding steroid dienone is 1. The van der Waals surface area contributed by atoms with Gasteiger partial charge in [-0.15, -0.1) is 0 Å². The Balaban J connectivity index is 2.34. The van der Waals surface area contributed by atoms with E-state index in [0.29, 0.717) is 0 Å². The van der Waals surface area contributed by atoms with Gasteiger partial charge in [-0.25, -0.2) is 0 Å². The van der Waals surface area contributed by atoms with Gasteiger partial charge in [-0.2, -0.15) is 0 Å². The third-order valence-electron chi connectivity index (χ3n) is 3.35. The van der Waals surface area contributed by atoms with E-state index in [1.807, 2.05) is 6.07 Å². The van der Waals surface area contributed by atoms with E-state index in [4.69, 9.17) is 0 Å². The zero-order valence-corrected chi connectivity index (χ0v) is 13.8. The van der Waals surface area contributed by atoms with E-state index in [1.54, 1.807) is 0 Å². The second-order valence-electron chi connectivity index (χ2n) is 6.64. The summed E-state index contributed by atoms with van der Waals surface area (Å²) in [5.41, 5.74) is 1.31. The summed E-state index contributed by atoms with van der Waals surface area (Å²) in [7, 11) is -0.998. The Labute approximate surface area is 119 Å². The molecule has 1 rings (SSSR count). The molecule has 19 heavy (non-hydrogen) atoms. The number of aryl methyl sites for hydroxylation is 1. The van der Waals surface area contributed by atoms with E-state index < -0.39 is 8.07 Å². The monoisotopic (exact) mass is 276 g/mol. The quantitative estimate of drug-likeness (QED) is 0.574. The van der Waals surface area contributed by atoms with Crippen LogP contribution < -0.4 is 0 Å². The average molecular weight is 276 g/mol. The number of hydrogen-bond donors (Lipinski definition) is 1. The van der Waals surface area contributed by atoms with Crippen molar-refractivity contribution in [3.05, 3.63) is 48.0 Å². The fraction of sp³-hybridized carbons (Fsp3) is 0.529. The minimum Gasteiger partial charge on any atom is -0.393 e. The first-order chi connectivity index (χ1) is 8.88. The van der Waals surface area contributed by atoms with E-state index in [0.717, 1.165) is 12.8 Å². The fourth-order valence-corrected chi connectivity index (χ4v) is 2.83. The lowest BCUT2D eigenvalue weighted by Gasteiger charge is -2.17. The average Bonchev–Trinajstić information content (AvgIpc) is 2.35. The molecule has 0 heterocycles. The Kier molecular flexibility index (Phi) is 6.53. The van der Waals surface area contributed by atoms with E-state index in [9.17, 15) is 5.11 Å². The van der Waals surface area contributed by atoms with Gasteiger partial charge in [0.15, 0.2) is 0 Å². The van der Waals surface area contributed by atoms with Gasteiger partial charge in [0.05, 0.1) is 6.10 Å². The van der Waals surface area contributed by atoms with Gasteiger partial charge < -0.3 is 5.11 Å². The summed E-state index contributed by atoms with van der Waals surface area (Å²) in [6.45, 7) is 9.21. The summed E-state index contributed by atoms with van der Waals surface area (Å²) in [6, 6.07) is 11.6. The topological polar surface area (TPSA) is 20.2 Å². The van der Waals surface area contributed by atoms with Gasteiger partial charge in [0, 0.05) is 8.07 Å². The van der Waals surface area contributed by atoms with Crippen LogP contribution in [0.1, 0.15) is 18.9 Å². The lowest BCUT2D eigenvalue weighted by molar-refractivity contribution is 0.128. The van der Waals surface area contributed by atoms with Crippen LogP contribution in [0.2, 0.25) is 25.7 Å². The predicted octanol–water partition coefficient (Wildman–Crippen LogP) is 4.51. The molecule has 0 aliphatic carbocycles. The molecule has 1 N–H and O–H groups in total. The minimum absolute atomic E-state index is 0.238. The predicted molar refractivity (Wildman–Crippen MR) is 87.2 cm³/mol. The highest BCUT2D eigenvalue weighted by molar-refractivity contribution is 6.76. The van der Waals surface area contributed by atoms with Crippen LogP contribution in [0.5, 0.6) is 0 Å². The van der Waals surface area contributed by atoms with Gasteiger partial charge in [-0.1, -0.05) is 69.0 Å². The first-order valence-corrected chi connectivity index (χ1v) is 11.0. The molecule has 1 aromatic rings. The number of hydrogen-bond acceptors (Lipinski definition) is 1. The second-order valence-corrected chi connectivity index (χ2v) is 12.2. The zero-order valence-electron chi connectivity index (χ0n) is 12.8. The van der Waals surface area contributed by atoms with Crippen molar-refractivity contribution in [2.24, 2.45) is 5.92 Å². The maximum Gasteiger partial charge on any atom is 0.0603 e. The molecular weight excluding hydrogens is 248 g/mol. The third kappa shape index (κ3) is 7.33. The first kappa shape index (κ1) is 16.2. The molecular formula is C17H28OSi. The highest BCUT2D eigenvalue weighted by atomic mass is 28.3. The summed E-state index contributed by atoms with van der Waals surface area (Å²) < 4.78 is 0. The van der Waals surface area contributed by atoms with Crippen LogP contribution in [-0.4, -0.2) is 19.3 Å². The largest absolute Gasteiger partial charge is 0.393 e. The molecule has 0 aliphatic heterocycles. The minimum atomic E-state index is -0.998. The van der Waals surface area contributed by atoms with E-state index >= 15 is 0 Å². The summed E-state index contributed by atoms with van der Waals surface area (Å²) in [6.07, 6.45) is 6.01. The first-order valence-electron chi connectivity index (χ1n) is 7.27. The lowest BCUT2D eigenvalue weighted by atomic mass is 9.97. The SMILES string of the molecule is C[C@@H](/C=C/C[Si](C)(C)C)[C@H](O)CCc1ccccc1. The standard InChI is InChI=1S/C17H28OSi/c1-15(9-8-14-19(2,3)4)17(18)13-12-16-10-6-5-7-11-16/h5-11,15,17-18H,12-14H2,1-4H3/b9-8+/t15-,17+/m0/s1. The maximum absolute atomic E-state index is 10.2. The molecule has 106 valence electrons. The van der Waals surface area contributed by atoms with Crippen LogP contribution >= 0.6 is 0 Å². The van der Waals surface area contributed by atoms with Gasteiger partial charge >= 0.3 is 0 Å². The summed E-state index contributed by atoms with van der Waals surface area (Å²) in [4.78, 5) is 0. The smallest absolute Gasteiger partial charge is 0.0603 e. The maximum atomic E-state index is 10.2. The molecule has 0 aromatic heterocycles. The molecule has 2 heteroatoms. The highest BCUT2D eigenvalue weighted by Gasteiger charge is 2.13. The van der Waals surface area contributed by atoms with Crippen molar-refractivity contribution in [1.82, 2.24) is 0 Å². The number of aliphatic hydroxyl groups is 1. The molecule has 0 amide bonds. The molecule has 1 aromatic carbocycles. The molecule has 0 spiro atoms. The van der Waals surface area contributed by atoms with Crippen molar-refractivity contribution in [1.29, 1.82) is 0 Å². The molecule has 0 bridgehead atoms. The van der Waals surface area contributed by atoms with Gasteiger partial charge in [0.25, 0.3) is 0 Å². The van der Waals surface area contributed by atoms with Crippen molar-refractivity contribution in [2.45, 2.75) is 51.6 Å². The Bertz CT molecular complexity index is 378. The van der Waals surface area contributed by atoms with Crippen molar-refractivity contribution >= 4 is 8.07 Å².